The highest BCUT2D eigenvalue weighted by Crippen LogP contribution is 2.42. The van der Waals surface area contributed by atoms with Crippen LogP contribution in [0.5, 0.6) is 0 Å². The van der Waals surface area contributed by atoms with Crippen LogP contribution in [0, 0.1) is 0 Å². The molecule has 1 saturated heterocycles. The Balaban J connectivity index is 1.89. The number of nitrogens with zero attached hydrogens (tertiary/aromatic N) is 3. The van der Waals surface area contributed by atoms with Crippen LogP contribution in [-0.2, 0) is 7.05 Å². The number of halogens is 1. The number of aliphatic hydroxyl groups excluding tert-OH is 1. The number of aromatic nitrogens is 3. The maximum absolute atomic E-state index is 12.0. The van der Waals surface area contributed by atoms with Crippen molar-refractivity contribution in [1.82, 2.24) is 20.3 Å². The van der Waals surface area contributed by atoms with Crippen LogP contribution in [0.2, 0.25) is 4.34 Å². The van der Waals surface area contributed by atoms with Gasteiger partial charge in [-0.15, -0.1) is 16.4 Å². The van der Waals surface area contributed by atoms with Crippen LogP contribution in [0.4, 0.5) is 0 Å². The van der Waals surface area contributed by atoms with Crippen LogP contribution in [-0.4, -0.2) is 38.5 Å². The van der Waals surface area contributed by atoms with Gasteiger partial charge < -0.3 is 10.4 Å². The van der Waals surface area contributed by atoms with E-state index in [-0.39, 0.29) is 17.7 Å². The van der Waals surface area contributed by atoms with Gasteiger partial charge in [-0.05, 0) is 31.7 Å². The first-order chi connectivity index (χ1) is 11.0. The van der Waals surface area contributed by atoms with Gasteiger partial charge in [-0.3, -0.25) is 9.48 Å². The number of thiophene rings is 1. The molecular formula is C15H19ClN4O2S. The molecule has 2 N–H and O–H groups in total. The number of ketones is 1. The summed E-state index contributed by atoms with van der Waals surface area (Å²) in [5.41, 5.74) is 1.46. The maximum atomic E-state index is 12.0. The van der Waals surface area contributed by atoms with Gasteiger partial charge in [-0.1, -0.05) is 16.8 Å². The number of aryl methyl sites for hydroxylation is 1. The zero-order valence-electron chi connectivity index (χ0n) is 13.0. The smallest absolute Gasteiger partial charge is 0.189 e. The van der Waals surface area contributed by atoms with E-state index in [9.17, 15) is 9.90 Å². The van der Waals surface area contributed by atoms with Gasteiger partial charge in [0.2, 0.25) is 0 Å². The molecule has 23 heavy (non-hydrogen) atoms. The highest BCUT2D eigenvalue weighted by molar-refractivity contribution is 7.16. The van der Waals surface area contributed by atoms with E-state index in [0.717, 1.165) is 23.4 Å². The molecule has 2 aromatic rings. The Kier molecular flexibility index (Phi) is 4.82. The Hall–Kier alpha value is -1.28. The summed E-state index contributed by atoms with van der Waals surface area (Å²) in [5, 5.41) is 20.9. The van der Waals surface area contributed by atoms with Crippen molar-refractivity contribution in [2.45, 2.75) is 37.8 Å². The summed E-state index contributed by atoms with van der Waals surface area (Å²) in [6.07, 6.45) is 3.65. The summed E-state index contributed by atoms with van der Waals surface area (Å²) in [6, 6.07) is 2.05. The fraction of sp³-hybridized carbons (Fsp3) is 0.533. The van der Waals surface area contributed by atoms with Crippen molar-refractivity contribution < 1.29 is 9.90 Å². The van der Waals surface area contributed by atoms with Crippen molar-refractivity contribution in [2.24, 2.45) is 7.05 Å². The van der Waals surface area contributed by atoms with Gasteiger partial charge in [0.25, 0.3) is 0 Å². The van der Waals surface area contributed by atoms with Gasteiger partial charge in [0.15, 0.2) is 5.78 Å². The lowest BCUT2D eigenvalue weighted by Crippen LogP contribution is -2.38. The second-order valence-corrected chi connectivity index (χ2v) is 7.73. The molecule has 2 aromatic heterocycles. The van der Waals surface area contributed by atoms with Crippen LogP contribution in [0.1, 0.15) is 52.7 Å². The lowest BCUT2D eigenvalue weighted by molar-refractivity contribution is 0.0902. The first-order valence-corrected chi connectivity index (χ1v) is 8.73. The van der Waals surface area contributed by atoms with Crippen molar-refractivity contribution >= 4 is 28.7 Å². The number of carbonyl (C=O) groups excluding carboxylic acids is 1. The lowest BCUT2D eigenvalue weighted by Gasteiger charge is -2.33. The maximum Gasteiger partial charge on any atom is 0.189 e. The average molecular weight is 355 g/mol. The molecule has 0 aromatic carbocycles. The number of Topliss-reactive ketones (excluding diaryl/α,β-unsaturated/α-hetero) is 1. The molecule has 8 heteroatoms. The number of carbonyl (C=O) groups is 1. The van der Waals surface area contributed by atoms with Crippen molar-refractivity contribution in [2.75, 3.05) is 6.61 Å². The van der Waals surface area contributed by atoms with E-state index in [1.54, 1.807) is 10.7 Å². The summed E-state index contributed by atoms with van der Waals surface area (Å²) in [7, 11) is 1.84. The van der Waals surface area contributed by atoms with E-state index in [0.29, 0.717) is 15.9 Å². The molecule has 1 unspecified atom stereocenters. The van der Waals surface area contributed by atoms with Crippen LogP contribution in [0.3, 0.4) is 0 Å². The van der Waals surface area contributed by atoms with Crippen molar-refractivity contribution in [1.29, 1.82) is 0 Å². The highest BCUT2D eigenvalue weighted by Gasteiger charge is 2.32. The lowest BCUT2D eigenvalue weighted by atomic mass is 9.84. The van der Waals surface area contributed by atoms with E-state index in [4.69, 9.17) is 11.6 Å². The van der Waals surface area contributed by atoms with Crippen molar-refractivity contribution in [3.05, 3.63) is 32.7 Å². The van der Waals surface area contributed by atoms with Crippen molar-refractivity contribution in [3.63, 3.8) is 0 Å². The predicted molar refractivity (Wildman–Crippen MR) is 89.1 cm³/mol. The first kappa shape index (κ1) is 16.6. The third kappa shape index (κ3) is 3.47. The number of piperidine rings is 1. The normalized spacial score (nSPS) is 24.8. The van der Waals surface area contributed by atoms with Gasteiger partial charge in [-0.25, -0.2) is 0 Å². The second-order valence-electron chi connectivity index (χ2n) is 6.02. The van der Waals surface area contributed by atoms with E-state index >= 15 is 0 Å². The van der Waals surface area contributed by atoms with Gasteiger partial charge in [0.05, 0.1) is 16.1 Å². The minimum Gasteiger partial charge on any atom is -0.388 e. The average Bonchev–Trinajstić information content (AvgIpc) is 3.12. The number of nitrogens with one attached hydrogen (secondary N) is 1. The summed E-state index contributed by atoms with van der Waals surface area (Å²) in [6.45, 7) is 1.63. The second kappa shape index (κ2) is 6.68. The van der Waals surface area contributed by atoms with Gasteiger partial charge >= 0.3 is 0 Å². The minimum absolute atomic E-state index is 0.0930. The molecule has 0 bridgehead atoms. The number of rotatable bonds is 4. The standard InChI is InChI=1S/C15H19ClN4O2S/c1-8-3-9(4-11(17-8)12-6-20(2)19-18-12)15-10(13(22)7-21)5-14(16)23-15/h5-6,8-9,11,17,21H,3-4,7H2,1-2H3/t8-,9?,11-/m0/s1. The Labute approximate surface area is 143 Å². The molecule has 3 rings (SSSR count). The van der Waals surface area contributed by atoms with Gasteiger partial charge in [0, 0.05) is 29.7 Å². The molecule has 1 fully saturated rings. The fourth-order valence-electron chi connectivity index (χ4n) is 3.21. The predicted octanol–water partition coefficient (Wildman–Crippen LogP) is 2.30. The van der Waals surface area contributed by atoms with Crippen LogP contribution in [0.15, 0.2) is 12.3 Å². The topological polar surface area (TPSA) is 80.0 Å². The number of aliphatic hydroxyl groups is 1. The summed E-state index contributed by atoms with van der Waals surface area (Å²) >= 11 is 7.56. The SMILES string of the molecule is C[C@H]1CC(c2sc(Cl)cc2C(=O)CO)C[C@@H](c2cn(C)nn2)N1. The van der Waals surface area contributed by atoms with E-state index in [2.05, 4.69) is 22.6 Å². The van der Waals surface area contributed by atoms with E-state index in [1.807, 2.05) is 13.2 Å². The molecule has 3 atom stereocenters. The Morgan fingerprint density at radius 2 is 2.35 bits per heavy atom. The van der Waals surface area contributed by atoms with Gasteiger partial charge in [-0.2, -0.15) is 0 Å². The Morgan fingerprint density at radius 3 is 3.00 bits per heavy atom. The molecule has 0 amide bonds. The highest BCUT2D eigenvalue weighted by atomic mass is 35.5. The zero-order valence-corrected chi connectivity index (χ0v) is 14.6. The molecule has 0 radical (unpaired) electrons. The molecule has 1 aliphatic rings. The summed E-state index contributed by atoms with van der Waals surface area (Å²) < 4.78 is 2.27. The zero-order chi connectivity index (χ0) is 16.6. The van der Waals surface area contributed by atoms with Crippen LogP contribution in [0.25, 0.3) is 0 Å². The van der Waals surface area contributed by atoms with E-state index in [1.165, 1.54) is 11.3 Å². The number of hydrogen-bond donors (Lipinski definition) is 2. The quantitative estimate of drug-likeness (QED) is 0.823. The first-order valence-electron chi connectivity index (χ1n) is 7.53. The largest absolute Gasteiger partial charge is 0.388 e. The summed E-state index contributed by atoms with van der Waals surface area (Å²) in [4.78, 5) is 13.0. The van der Waals surface area contributed by atoms with E-state index < -0.39 is 6.61 Å². The molecule has 0 spiro atoms. The number of hydrogen-bond acceptors (Lipinski definition) is 6. The Bertz CT molecular complexity index is 714. The fourth-order valence-corrected chi connectivity index (χ4v) is 4.60. The Morgan fingerprint density at radius 1 is 1.57 bits per heavy atom. The monoisotopic (exact) mass is 354 g/mol. The molecule has 6 nitrogen and oxygen atoms in total. The third-order valence-corrected chi connectivity index (χ3v) is 5.59. The molecule has 3 heterocycles. The van der Waals surface area contributed by atoms with Crippen LogP contribution < -0.4 is 5.32 Å². The molecule has 124 valence electrons. The van der Waals surface area contributed by atoms with Gasteiger partial charge in [0.1, 0.15) is 6.61 Å². The summed E-state index contributed by atoms with van der Waals surface area (Å²) in [5.74, 6) is -0.0633. The van der Waals surface area contributed by atoms with Crippen LogP contribution >= 0.6 is 22.9 Å². The minimum atomic E-state index is -0.492. The molecule has 0 aliphatic carbocycles. The molecule has 1 aliphatic heterocycles. The van der Waals surface area contributed by atoms with Crippen molar-refractivity contribution in [3.8, 4) is 0 Å². The third-order valence-electron chi connectivity index (χ3n) is 4.17. The molecule has 0 saturated carbocycles. The molecular weight excluding hydrogens is 336 g/mol.